The number of hydrogen-bond acceptors (Lipinski definition) is 1. The molecule has 1 aliphatic rings. The Morgan fingerprint density at radius 3 is 2.53 bits per heavy atom. The number of aliphatic hydroxyl groups is 1. The van der Waals surface area contributed by atoms with Crippen LogP contribution in [0.25, 0.3) is 0 Å². The van der Waals surface area contributed by atoms with Crippen LogP contribution < -0.4 is 0 Å². The maximum absolute atomic E-state index is 9.68. The fourth-order valence-electron chi connectivity index (χ4n) is 2.66. The van der Waals surface area contributed by atoms with E-state index in [0.717, 1.165) is 6.42 Å². The average Bonchev–Trinajstić information content (AvgIpc) is 2.52. The fourth-order valence-corrected chi connectivity index (χ4v) is 2.66. The zero-order chi connectivity index (χ0) is 12.3. The molecule has 1 nitrogen and oxygen atoms in total. The Labute approximate surface area is 107 Å². The van der Waals surface area contributed by atoms with E-state index in [-0.39, 0.29) is 6.10 Å². The highest BCUT2D eigenvalue weighted by Gasteiger charge is 2.08. The molecule has 0 aromatic carbocycles. The molecule has 0 amide bonds. The number of hydrogen-bond donors (Lipinski definition) is 1. The van der Waals surface area contributed by atoms with Crippen molar-refractivity contribution in [2.24, 2.45) is 0 Å². The molecule has 1 atom stereocenters. The molecule has 0 bridgehead atoms. The third kappa shape index (κ3) is 7.59. The molecule has 1 unspecified atom stereocenters. The molecule has 0 aromatic rings. The Balaban J connectivity index is 2.01. The SMILES string of the molecule is CCCCCCCCCC1=CC(O)CCCC1. The second kappa shape index (κ2) is 9.70. The summed E-state index contributed by atoms with van der Waals surface area (Å²) in [4.78, 5) is 0. The van der Waals surface area contributed by atoms with E-state index in [4.69, 9.17) is 0 Å². The van der Waals surface area contributed by atoms with Crippen LogP contribution in [0.5, 0.6) is 0 Å². The predicted octanol–water partition coefficient (Wildman–Crippen LogP) is 4.99. The van der Waals surface area contributed by atoms with E-state index in [1.807, 2.05) is 0 Å². The van der Waals surface area contributed by atoms with E-state index < -0.39 is 0 Å². The Morgan fingerprint density at radius 1 is 1.06 bits per heavy atom. The lowest BCUT2D eigenvalue weighted by Gasteiger charge is -2.06. The van der Waals surface area contributed by atoms with Crippen molar-refractivity contribution in [2.75, 3.05) is 0 Å². The van der Waals surface area contributed by atoms with Gasteiger partial charge in [0.1, 0.15) is 0 Å². The molecule has 0 saturated heterocycles. The van der Waals surface area contributed by atoms with Gasteiger partial charge >= 0.3 is 0 Å². The lowest BCUT2D eigenvalue weighted by molar-refractivity contribution is 0.211. The molecule has 1 rings (SSSR count). The van der Waals surface area contributed by atoms with Gasteiger partial charge in [-0.15, -0.1) is 0 Å². The van der Waals surface area contributed by atoms with Crippen LogP contribution in [-0.4, -0.2) is 11.2 Å². The minimum absolute atomic E-state index is 0.156. The highest BCUT2D eigenvalue weighted by molar-refractivity contribution is 5.06. The van der Waals surface area contributed by atoms with Crippen LogP contribution in [0.3, 0.4) is 0 Å². The Hall–Kier alpha value is -0.300. The zero-order valence-corrected chi connectivity index (χ0v) is 11.6. The first-order valence-corrected chi connectivity index (χ1v) is 7.70. The van der Waals surface area contributed by atoms with Crippen molar-refractivity contribution >= 4 is 0 Å². The lowest BCUT2D eigenvalue weighted by atomic mass is 10.0. The highest BCUT2D eigenvalue weighted by atomic mass is 16.3. The van der Waals surface area contributed by atoms with Gasteiger partial charge in [-0.2, -0.15) is 0 Å². The van der Waals surface area contributed by atoms with Crippen molar-refractivity contribution in [3.63, 3.8) is 0 Å². The third-order valence-electron chi connectivity index (χ3n) is 3.78. The summed E-state index contributed by atoms with van der Waals surface area (Å²) in [6, 6.07) is 0. The molecule has 1 heteroatoms. The van der Waals surface area contributed by atoms with Crippen LogP contribution in [0.2, 0.25) is 0 Å². The van der Waals surface area contributed by atoms with Crippen LogP contribution in [0.1, 0.15) is 84.0 Å². The molecular weight excluding hydrogens is 208 g/mol. The maximum atomic E-state index is 9.68. The summed E-state index contributed by atoms with van der Waals surface area (Å²) in [6.07, 6.45) is 17.5. The first kappa shape index (κ1) is 14.8. The van der Waals surface area contributed by atoms with Gasteiger partial charge in [-0.25, -0.2) is 0 Å². The summed E-state index contributed by atoms with van der Waals surface area (Å²) in [5.41, 5.74) is 1.52. The summed E-state index contributed by atoms with van der Waals surface area (Å²) >= 11 is 0. The quantitative estimate of drug-likeness (QED) is 0.466. The Kier molecular flexibility index (Phi) is 8.42. The van der Waals surface area contributed by atoms with Gasteiger partial charge in [0.15, 0.2) is 0 Å². The lowest BCUT2D eigenvalue weighted by Crippen LogP contribution is -2.00. The highest BCUT2D eigenvalue weighted by Crippen LogP contribution is 2.22. The van der Waals surface area contributed by atoms with Crippen molar-refractivity contribution < 1.29 is 5.11 Å². The van der Waals surface area contributed by atoms with Gasteiger partial charge in [-0.1, -0.05) is 63.5 Å². The smallest absolute Gasteiger partial charge is 0.0723 e. The largest absolute Gasteiger partial charge is 0.389 e. The first-order valence-electron chi connectivity index (χ1n) is 7.70. The van der Waals surface area contributed by atoms with Gasteiger partial charge in [0.05, 0.1) is 6.10 Å². The van der Waals surface area contributed by atoms with Gasteiger partial charge in [-0.05, 0) is 32.1 Å². The van der Waals surface area contributed by atoms with Crippen molar-refractivity contribution in [1.82, 2.24) is 0 Å². The van der Waals surface area contributed by atoms with Crippen LogP contribution in [0.4, 0.5) is 0 Å². The van der Waals surface area contributed by atoms with Crippen molar-refractivity contribution in [1.29, 1.82) is 0 Å². The summed E-state index contributed by atoms with van der Waals surface area (Å²) in [5, 5.41) is 9.68. The minimum Gasteiger partial charge on any atom is -0.389 e. The molecule has 1 N–H and O–H groups in total. The van der Waals surface area contributed by atoms with Crippen molar-refractivity contribution in [3.8, 4) is 0 Å². The second-order valence-corrected chi connectivity index (χ2v) is 5.51. The van der Waals surface area contributed by atoms with E-state index in [1.54, 1.807) is 0 Å². The first-order chi connectivity index (χ1) is 8.33. The van der Waals surface area contributed by atoms with Gasteiger partial charge in [0, 0.05) is 0 Å². The van der Waals surface area contributed by atoms with Crippen molar-refractivity contribution in [3.05, 3.63) is 11.6 Å². The molecule has 0 spiro atoms. The van der Waals surface area contributed by atoms with Gasteiger partial charge in [0.2, 0.25) is 0 Å². The van der Waals surface area contributed by atoms with Gasteiger partial charge < -0.3 is 5.11 Å². The van der Waals surface area contributed by atoms with Crippen LogP contribution >= 0.6 is 0 Å². The van der Waals surface area contributed by atoms with E-state index >= 15 is 0 Å². The summed E-state index contributed by atoms with van der Waals surface area (Å²) < 4.78 is 0. The molecular formula is C16H30O. The molecule has 0 saturated carbocycles. The van der Waals surface area contributed by atoms with Crippen molar-refractivity contribution in [2.45, 2.75) is 90.1 Å². The molecule has 0 aromatic heterocycles. The number of aliphatic hydroxyl groups excluding tert-OH is 1. The molecule has 17 heavy (non-hydrogen) atoms. The molecule has 0 aliphatic heterocycles. The average molecular weight is 238 g/mol. The molecule has 100 valence electrons. The zero-order valence-electron chi connectivity index (χ0n) is 11.6. The van der Waals surface area contributed by atoms with E-state index in [2.05, 4.69) is 13.0 Å². The Morgan fingerprint density at radius 2 is 1.76 bits per heavy atom. The monoisotopic (exact) mass is 238 g/mol. The molecule has 0 heterocycles. The summed E-state index contributed by atoms with van der Waals surface area (Å²) in [5.74, 6) is 0. The predicted molar refractivity (Wildman–Crippen MR) is 75.2 cm³/mol. The van der Waals surface area contributed by atoms with Gasteiger partial charge in [-0.3, -0.25) is 0 Å². The van der Waals surface area contributed by atoms with Crippen LogP contribution in [0.15, 0.2) is 11.6 Å². The molecule has 0 radical (unpaired) electrons. The normalized spacial score (nSPS) is 21.1. The van der Waals surface area contributed by atoms with E-state index in [1.165, 1.54) is 76.2 Å². The van der Waals surface area contributed by atoms with Crippen LogP contribution in [0, 0.1) is 0 Å². The number of unbranched alkanes of at least 4 members (excludes halogenated alkanes) is 6. The summed E-state index contributed by atoms with van der Waals surface area (Å²) in [6.45, 7) is 2.27. The number of rotatable bonds is 8. The topological polar surface area (TPSA) is 20.2 Å². The van der Waals surface area contributed by atoms with Gasteiger partial charge in [0.25, 0.3) is 0 Å². The molecule has 0 fully saturated rings. The second-order valence-electron chi connectivity index (χ2n) is 5.51. The molecule has 1 aliphatic carbocycles. The maximum Gasteiger partial charge on any atom is 0.0723 e. The standard InChI is InChI=1S/C16H30O/c1-2-3-4-5-6-7-8-11-15-12-9-10-13-16(17)14-15/h14,16-17H,2-13H2,1H3. The fraction of sp³-hybridized carbons (Fsp3) is 0.875. The third-order valence-corrected chi connectivity index (χ3v) is 3.78. The summed E-state index contributed by atoms with van der Waals surface area (Å²) in [7, 11) is 0. The Bertz CT molecular complexity index is 208. The van der Waals surface area contributed by atoms with E-state index in [9.17, 15) is 5.11 Å². The minimum atomic E-state index is -0.156. The number of allylic oxidation sites excluding steroid dienone is 1. The van der Waals surface area contributed by atoms with E-state index in [0.29, 0.717) is 0 Å². The van der Waals surface area contributed by atoms with Crippen LogP contribution in [-0.2, 0) is 0 Å².